The number of aromatic nitrogens is 4. The van der Waals surface area contributed by atoms with Gasteiger partial charge in [-0.3, -0.25) is 4.99 Å². The lowest BCUT2D eigenvalue weighted by molar-refractivity contribution is 0.460. The fourth-order valence-electron chi connectivity index (χ4n) is 3.14. The highest BCUT2D eigenvalue weighted by Gasteiger charge is 2.13. The molecule has 162 valence electrons. The minimum atomic E-state index is 0.564. The quantitative estimate of drug-likeness (QED) is 0.265. The van der Waals surface area contributed by atoms with Gasteiger partial charge in [0.25, 0.3) is 0 Å². The second-order valence-electron chi connectivity index (χ2n) is 7.56. The van der Waals surface area contributed by atoms with Crippen LogP contribution in [0.25, 0.3) is 0 Å². The molecule has 2 rings (SSSR count). The highest BCUT2D eigenvalue weighted by molar-refractivity contribution is 7.98. The van der Waals surface area contributed by atoms with E-state index in [9.17, 15) is 0 Å². The van der Waals surface area contributed by atoms with Crippen molar-refractivity contribution in [3.8, 4) is 0 Å². The number of hydrogen-bond donors (Lipinski definition) is 1. The lowest BCUT2D eigenvalue weighted by Gasteiger charge is -2.22. The molecule has 9 heteroatoms. The Morgan fingerprint density at radius 2 is 2.14 bits per heavy atom. The van der Waals surface area contributed by atoms with Crippen LogP contribution in [0.1, 0.15) is 38.7 Å². The summed E-state index contributed by atoms with van der Waals surface area (Å²) in [6.07, 6.45) is 5.78. The zero-order chi connectivity index (χ0) is 21.4. The molecule has 0 atom stereocenters. The van der Waals surface area contributed by atoms with Crippen LogP contribution in [-0.4, -0.2) is 56.6 Å². The summed E-state index contributed by atoms with van der Waals surface area (Å²) in [5, 5.41) is 13.8. The monoisotopic (exact) mass is 439 g/mol. The van der Waals surface area contributed by atoms with E-state index in [1.807, 2.05) is 37.2 Å². The number of halogens is 1. The molecule has 2 aromatic heterocycles. The summed E-state index contributed by atoms with van der Waals surface area (Å²) in [5.41, 5.74) is 1.15. The van der Waals surface area contributed by atoms with Crippen molar-refractivity contribution in [3.63, 3.8) is 0 Å². The summed E-state index contributed by atoms with van der Waals surface area (Å²) in [6, 6.07) is 1.99. The molecule has 0 unspecified atom stereocenters. The van der Waals surface area contributed by atoms with Gasteiger partial charge in [0, 0.05) is 52.0 Å². The summed E-state index contributed by atoms with van der Waals surface area (Å²) >= 11 is 7.76. The Labute approximate surface area is 183 Å². The Bertz CT molecular complexity index is 797. The SMILES string of the molecule is CCNC(=NCCCc1nnc(SC)n1CC(C)C)N(C)Cc1cc(Cl)cn1C. The van der Waals surface area contributed by atoms with Crippen molar-refractivity contribution in [1.82, 2.24) is 29.5 Å². The van der Waals surface area contributed by atoms with Gasteiger partial charge in [0.2, 0.25) is 0 Å². The van der Waals surface area contributed by atoms with Gasteiger partial charge in [-0.05, 0) is 31.6 Å². The Balaban J connectivity index is 1.97. The van der Waals surface area contributed by atoms with Crippen molar-refractivity contribution in [1.29, 1.82) is 0 Å². The molecule has 0 amide bonds. The largest absolute Gasteiger partial charge is 0.357 e. The zero-order valence-corrected chi connectivity index (χ0v) is 20.0. The smallest absolute Gasteiger partial charge is 0.194 e. The first-order chi connectivity index (χ1) is 13.8. The second-order valence-corrected chi connectivity index (χ2v) is 8.77. The number of nitrogens with zero attached hydrogens (tertiary/aromatic N) is 6. The molecule has 0 spiro atoms. The molecule has 2 aromatic rings. The van der Waals surface area contributed by atoms with Crippen LogP contribution in [0.4, 0.5) is 0 Å². The molecule has 0 aliphatic carbocycles. The number of rotatable bonds is 10. The van der Waals surface area contributed by atoms with Crippen LogP contribution in [-0.2, 0) is 26.6 Å². The molecule has 29 heavy (non-hydrogen) atoms. The summed E-state index contributed by atoms with van der Waals surface area (Å²) in [6.45, 7) is 9.79. The first kappa shape index (κ1) is 23.6. The first-order valence-electron chi connectivity index (χ1n) is 10.1. The third-order valence-corrected chi connectivity index (χ3v) is 5.39. The number of guanidine groups is 1. The summed E-state index contributed by atoms with van der Waals surface area (Å²) in [7, 11) is 4.06. The first-order valence-corrected chi connectivity index (χ1v) is 11.7. The lowest BCUT2D eigenvalue weighted by atomic mass is 10.2. The maximum atomic E-state index is 6.11. The second kappa shape index (κ2) is 11.5. The maximum absolute atomic E-state index is 6.11. The third kappa shape index (κ3) is 6.96. The molecule has 0 fully saturated rings. The molecule has 0 aromatic carbocycles. The molecular weight excluding hydrogens is 406 g/mol. The maximum Gasteiger partial charge on any atom is 0.194 e. The van der Waals surface area contributed by atoms with Gasteiger partial charge in [0.05, 0.1) is 11.6 Å². The minimum Gasteiger partial charge on any atom is -0.357 e. The van der Waals surface area contributed by atoms with Crippen molar-refractivity contribution in [3.05, 3.63) is 28.8 Å². The number of hydrogen-bond acceptors (Lipinski definition) is 4. The Morgan fingerprint density at radius 3 is 2.72 bits per heavy atom. The minimum absolute atomic E-state index is 0.564. The summed E-state index contributed by atoms with van der Waals surface area (Å²) in [5.74, 6) is 2.52. The van der Waals surface area contributed by atoms with Gasteiger partial charge in [0.15, 0.2) is 11.1 Å². The third-order valence-electron chi connectivity index (χ3n) is 4.51. The highest BCUT2D eigenvalue weighted by Crippen LogP contribution is 2.17. The molecule has 0 aliphatic heterocycles. The Kier molecular flexibility index (Phi) is 9.36. The van der Waals surface area contributed by atoms with Gasteiger partial charge in [-0.2, -0.15) is 0 Å². The van der Waals surface area contributed by atoms with Gasteiger partial charge in [-0.25, -0.2) is 0 Å². The van der Waals surface area contributed by atoms with E-state index in [0.29, 0.717) is 5.92 Å². The lowest BCUT2D eigenvalue weighted by Crippen LogP contribution is -2.38. The Morgan fingerprint density at radius 1 is 1.38 bits per heavy atom. The average Bonchev–Trinajstić information content (AvgIpc) is 3.19. The van der Waals surface area contributed by atoms with E-state index in [0.717, 1.165) is 66.7 Å². The normalized spacial score (nSPS) is 12.1. The number of aliphatic imine (C=N–C) groups is 1. The predicted octanol–water partition coefficient (Wildman–Crippen LogP) is 3.68. The van der Waals surface area contributed by atoms with E-state index >= 15 is 0 Å². The fourth-order valence-corrected chi connectivity index (χ4v) is 3.93. The van der Waals surface area contributed by atoms with E-state index in [1.54, 1.807) is 11.8 Å². The van der Waals surface area contributed by atoms with Crippen LogP contribution >= 0.6 is 23.4 Å². The van der Waals surface area contributed by atoms with Crippen LogP contribution < -0.4 is 5.32 Å². The van der Waals surface area contributed by atoms with Crippen molar-refractivity contribution >= 4 is 29.3 Å². The highest BCUT2D eigenvalue weighted by atomic mass is 35.5. The van der Waals surface area contributed by atoms with Crippen molar-refractivity contribution < 1.29 is 0 Å². The van der Waals surface area contributed by atoms with Crippen molar-refractivity contribution in [2.45, 2.75) is 51.9 Å². The molecule has 2 heterocycles. The molecule has 0 aliphatic rings. The van der Waals surface area contributed by atoms with Crippen molar-refractivity contribution in [2.75, 3.05) is 26.4 Å². The molecule has 0 saturated carbocycles. The van der Waals surface area contributed by atoms with E-state index in [-0.39, 0.29) is 0 Å². The molecule has 0 saturated heterocycles. The topological polar surface area (TPSA) is 63.3 Å². The van der Waals surface area contributed by atoms with Gasteiger partial charge in [-0.15, -0.1) is 10.2 Å². The van der Waals surface area contributed by atoms with Crippen molar-refractivity contribution in [2.24, 2.45) is 18.0 Å². The molecule has 7 nitrogen and oxygen atoms in total. The standard InChI is InChI=1S/C20H34ClN7S/c1-7-22-19(27(5)14-17-11-16(21)13-26(17)4)23-10-8-9-18-24-25-20(29-6)28(18)12-15(2)3/h11,13,15H,7-10,12,14H2,1-6H3,(H,22,23). The van der Waals surface area contributed by atoms with Gasteiger partial charge in [0.1, 0.15) is 5.82 Å². The van der Waals surface area contributed by atoms with Gasteiger partial charge < -0.3 is 19.4 Å². The van der Waals surface area contributed by atoms with E-state index < -0.39 is 0 Å². The Hall–Kier alpha value is -1.67. The molecule has 0 bridgehead atoms. The molecular formula is C20H34ClN7S. The van der Waals surface area contributed by atoms with Gasteiger partial charge >= 0.3 is 0 Å². The van der Waals surface area contributed by atoms with Gasteiger partial charge in [-0.1, -0.05) is 37.2 Å². The van der Waals surface area contributed by atoms with Crippen LogP contribution in [0.2, 0.25) is 5.02 Å². The van der Waals surface area contributed by atoms with Crippen LogP contribution in [0.15, 0.2) is 22.4 Å². The molecule has 1 N–H and O–H groups in total. The number of thioether (sulfide) groups is 1. The fraction of sp³-hybridized carbons (Fsp3) is 0.650. The van der Waals surface area contributed by atoms with Crippen LogP contribution in [0.3, 0.4) is 0 Å². The summed E-state index contributed by atoms with van der Waals surface area (Å²) in [4.78, 5) is 6.93. The number of aryl methyl sites for hydroxylation is 2. The number of nitrogens with one attached hydrogen (secondary N) is 1. The summed E-state index contributed by atoms with van der Waals surface area (Å²) < 4.78 is 4.29. The van der Waals surface area contributed by atoms with E-state index in [4.69, 9.17) is 16.6 Å². The van der Waals surface area contributed by atoms with Crippen LogP contribution in [0.5, 0.6) is 0 Å². The van der Waals surface area contributed by atoms with E-state index in [2.05, 4.69) is 45.8 Å². The van der Waals surface area contributed by atoms with Crippen LogP contribution in [0, 0.1) is 5.92 Å². The zero-order valence-electron chi connectivity index (χ0n) is 18.4. The predicted molar refractivity (Wildman–Crippen MR) is 123 cm³/mol. The van der Waals surface area contributed by atoms with E-state index in [1.165, 1.54) is 0 Å². The average molecular weight is 440 g/mol. The molecule has 0 radical (unpaired) electrons.